The molecule has 0 aromatic heterocycles. The van der Waals surface area contributed by atoms with Gasteiger partial charge in [0.05, 0.1) is 22.4 Å². The number of aryl methyl sites for hydroxylation is 1. The van der Waals surface area contributed by atoms with Gasteiger partial charge >= 0.3 is 0 Å². The number of nitro benzene ring substituents is 1. The zero-order valence-electron chi connectivity index (χ0n) is 17.6. The molecule has 3 amide bonds. The Labute approximate surface area is 193 Å². The fraction of sp³-hybridized carbons (Fsp3) is 0.348. The van der Waals surface area contributed by atoms with Crippen LogP contribution in [-0.4, -0.2) is 40.1 Å². The van der Waals surface area contributed by atoms with E-state index in [0.717, 1.165) is 28.5 Å². The van der Waals surface area contributed by atoms with Gasteiger partial charge in [0, 0.05) is 23.4 Å². The van der Waals surface area contributed by atoms with Crippen LogP contribution in [0.5, 0.6) is 0 Å². The van der Waals surface area contributed by atoms with Gasteiger partial charge in [-0.1, -0.05) is 29.8 Å². The van der Waals surface area contributed by atoms with Gasteiger partial charge in [-0.2, -0.15) is 0 Å². The third-order valence-electron chi connectivity index (χ3n) is 7.62. The van der Waals surface area contributed by atoms with Crippen LogP contribution < -0.4 is 10.2 Å². The Morgan fingerprint density at radius 1 is 1.18 bits per heavy atom. The molecule has 0 bridgehead atoms. The summed E-state index contributed by atoms with van der Waals surface area (Å²) in [5.74, 6) is -2.85. The molecule has 2 aromatic rings. The first-order valence-corrected chi connectivity index (χ1v) is 11.2. The summed E-state index contributed by atoms with van der Waals surface area (Å²) in [6.45, 7) is 2.51. The predicted molar refractivity (Wildman–Crippen MR) is 119 cm³/mol. The Bertz CT molecular complexity index is 1300. The molecule has 9 nitrogen and oxygen atoms in total. The van der Waals surface area contributed by atoms with E-state index in [2.05, 4.69) is 5.32 Å². The van der Waals surface area contributed by atoms with Gasteiger partial charge in [-0.3, -0.25) is 29.4 Å². The van der Waals surface area contributed by atoms with Crippen LogP contribution in [0.25, 0.3) is 0 Å². The SMILES string of the molecule is Cc1cccc2c1NC(=O)[C@@]21[C@@H]2C(=O)N(c3ccc(Cl)c([N+](=O)[O-])c3)C(=O)[C@H]2[C@H]2CCCN21. The minimum absolute atomic E-state index is 0.0824. The lowest BCUT2D eigenvalue weighted by atomic mass is 9.75. The first-order valence-electron chi connectivity index (χ1n) is 10.8. The molecule has 3 saturated heterocycles. The van der Waals surface area contributed by atoms with E-state index in [1.165, 1.54) is 12.1 Å². The highest BCUT2D eigenvalue weighted by Crippen LogP contribution is 2.61. The number of halogens is 1. The Balaban J connectivity index is 1.54. The molecule has 168 valence electrons. The van der Waals surface area contributed by atoms with Crippen LogP contribution in [0.4, 0.5) is 17.1 Å². The Morgan fingerprint density at radius 3 is 2.73 bits per heavy atom. The van der Waals surface area contributed by atoms with Gasteiger partial charge in [0.2, 0.25) is 17.7 Å². The summed E-state index contributed by atoms with van der Waals surface area (Å²) in [4.78, 5) is 55.0. The summed E-state index contributed by atoms with van der Waals surface area (Å²) >= 11 is 5.94. The number of nitro groups is 1. The van der Waals surface area contributed by atoms with Crippen LogP contribution in [0.3, 0.4) is 0 Å². The number of para-hydroxylation sites is 1. The van der Waals surface area contributed by atoms with E-state index < -0.39 is 34.1 Å². The van der Waals surface area contributed by atoms with E-state index in [0.29, 0.717) is 18.7 Å². The molecule has 0 unspecified atom stereocenters. The normalized spacial score (nSPS) is 30.1. The highest BCUT2D eigenvalue weighted by molar-refractivity contribution is 6.33. The molecule has 1 spiro atoms. The number of hydrogen-bond donors (Lipinski definition) is 1. The minimum atomic E-state index is -1.27. The predicted octanol–water partition coefficient (Wildman–Crippen LogP) is 2.99. The van der Waals surface area contributed by atoms with E-state index in [1.54, 1.807) is 0 Å². The molecule has 0 aliphatic carbocycles. The van der Waals surface area contributed by atoms with E-state index in [9.17, 15) is 24.5 Å². The number of fused-ring (bicyclic) bond motifs is 7. The van der Waals surface area contributed by atoms with Crippen LogP contribution in [0, 0.1) is 28.9 Å². The second kappa shape index (κ2) is 6.61. The highest BCUT2D eigenvalue weighted by atomic mass is 35.5. The minimum Gasteiger partial charge on any atom is -0.324 e. The third kappa shape index (κ3) is 2.33. The van der Waals surface area contributed by atoms with Gasteiger partial charge in [0.25, 0.3) is 5.69 Å². The maximum atomic E-state index is 13.9. The lowest BCUT2D eigenvalue weighted by Crippen LogP contribution is -2.54. The van der Waals surface area contributed by atoms with E-state index in [4.69, 9.17) is 11.6 Å². The average molecular weight is 467 g/mol. The van der Waals surface area contributed by atoms with Crippen molar-refractivity contribution in [3.63, 3.8) is 0 Å². The summed E-state index contributed by atoms with van der Waals surface area (Å²) in [7, 11) is 0. The molecule has 4 atom stereocenters. The lowest BCUT2D eigenvalue weighted by Gasteiger charge is -2.36. The molecule has 1 N–H and O–H groups in total. The number of carbonyl (C=O) groups is 3. The molecule has 2 aromatic carbocycles. The van der Waals surface area contributed by atoms with Gasteiger partial charge in [0.15, 0.2) is 0 Å². The van der Waals surface area contributed by atoms with Gasteiger partial charge in [-0.15, -0.1) is 0 Å². The second-order valence-corrected chi connectivity index (χ2v) is 9.44. The quantitative estimate of drug-likeness (QED) is 0.413. The van der Waals surface area contributed by atoms with Gasteiger partial charge in [-0.25, -0.2) is 4.90 Å². The number of imide groups is 1. The van der Waals surface area contributed by atoms with Crippen LogP contribution >= 0.6 is 11.6 Å². The second-order valence-electron chi connectivity index (χ2n) is 9.03. The van der Waals surface area contributed by atoms with E-state index >= 15 is 0 Å². The highest BCUT2D eigenvalue weighted by Gasteiger charge is 2.74. The molecule has 0 radical (unpaired) electrons. The number of amides is 3. The number of nitrogens with one attached hydrogen (secondary N) is 1. The van der Waals surface area contributed by atoms with Gasteiger partial charge in [0.1, 0.15) is 10.6 Å². The number of carbonyl (C=O) groups excluding carboxylic acids is 3. The molecule has 6 rings (SSSR count). The molecule has 4 aliphatic heterocycles. The largest absolute Gasteiger partial charge is 0.324 e. The van der Waals surface area contributed by atoms with Crippen LogP contribution in [0.1, 0.15) is 24.0 Å². The van der Waals surface area contributed by atoms with Crippen molar-refractivity contribution in [1.82, 2.24) is 4.90 Å². The van der Waals surface area contributed by atoms with Crippen molar-refractivity contribution in [2.75, 3.05) is 16.8 Å². The molecular weight excluding hydrogens is 448 g/mol. The maximum Gasteiger partial charge on any atom is 0.289 e. The zero-order chi connectivity index (χ0) is 23.2. The standard InChI is InChI=1S/C23H19ClN4O5/c1-11-4-2-5-13-19(11)25-22(31)23(13)18-17(15-6-3-9-26(15)23)20(29)27(21(18)30)12-7-8-14(24)16(10-12)28(32)33/h2,4-5,7-8,10,15,17-18H,3,6,9H2,1H3,(H,25,31)/t15-,17+,18+,23+/m1/s1. The Morgan fingerprint density at radius 2 is 1.97 bits per heavy atom. The number of nitrogens with zero attached hydrogens (tertiary/aromatic N) is 3. The van der Waals surface area contributed by atoms with Crippen molar-refractivity contribution >= 4 is 46.4 Å². The average Bonchev–Trinajstić information content (AvgIpc) is 3.48. The number of hydrogen-bond acceptors (Lipinski definition) is 6. The van der Waals surface area contributed by atoms with Crippen molar-refractivity contribution in [2.45, 2.75) is 31.3 Å². The van der Waals surface area contributed by atoms with Gasteiger partial charge in [-0.05, 0) is 44.0 Å². The molecule has 0 saturated carbocycles. The van der Waals surface area contributed by atoms with Crippen LogP contribution in [-0.2, 0) is 19.9 Å². The van der Waals surface area contributed by atoms with E-state index in [1.807, 2.05) is 30.0 Å². The van der Waals surface area contributed by atoms with E-state index in [-0.39, 0.29) is 28.3 Å². The van der Waals surface area contributed by atoms with Crippen LogP contribution in [0.2, 0.25) is 5.02 Å². The van der Waals surface area contributed by atoms with Crippen molar-refractivity contribution in [2.24, 2.45) is 11.8 Å². The smallest absolute Gasteiger partial charge is 0.289 e. The van der Waals surface area contributed by atoms with Gasteiger partial charge < -0.3 is 5.32 Å². The van der Waals surface area contributed by atoms with Crippen molar-refractivity contribution in [3.05, 3.63) is 62.7 Å². The summed E-state index contributed by atoms with van der Waals surface area (Å²) < 4.78 is 0. The maximum absolute atomic E-state index is 13.9. The fourth-order valence-corrected chi connectivity index (χ4v) is 6.60. The van der Waals surface area contributed by atoms with Crippen molar-refractivity contribution in [1.29, 1.82) is 0 Å². The zero-order valence-corrected chi connectivity index (χ0v) is 18.3. The topological polar surface area (TPSA) is 113 Å². The third-order valence-corrected chi connectivity index (χ3v) is 7.94. The Hall–Kier alpha value is -3.30. The number of benzene rings is 2. The lowest BCUT2D eigenvalue weighted by molar-refractivity contribution is -0.384. The van der Waals surface area contributed by atoms with Crippen LogP contribution in [0.15, 0.2) is 36.4 Å². The van der Waals surface area contributed by atoms with Crippen molar-refractivity contribution < 1.29 is 19.3 Å². The molecule has 4 heterocycles. The summed E-state index contributed by atoms with van der Waals surface area (Å²) in [5, 5.41) is 14.3. The molecule has 10 heteroatoms. The first kappa shape index (κ1) is 20.3. The van der Waals surface area contributed by atoms with Crippen molar-refractivity contribution in [3.8, 4) is 0 Å². The first-order chi connectivity index (χ1) is 15.8. The number of rotatable bonds is 2. The molecule has 3 fully saturated rings. The fourth-order valence-electron chi connectivity index (χ4n) is 6.41. The monoisotopic (exact) mass is 466 g/mol. The molecule has 33 heavy (non-hydrogen) atoms. The summed E-state index contributed by atoms with van der Waals surface area (Å²) in [6.07, 6.45) is 1.52. The Kier molecular flexibility index (Phi) is 4.07. The molecular formula is C23H19ClN4O5. The molecule has 4 aliphatic rings. The summed E-state index contributed by atoms with van der Waals surface area (Å²) in [5.41, 5.74) is 0.736. The summed E-state index contributed by atoms with van der Waals surface area (Å²) in [6, 6.07) is 9.23. The number of anilines is 2.